The molecule has 0 spiro atoms. The highest BCUT2D eigenvalue weighted by Gasteiger charge is 2.23. The smallest absolute Gasteiger partial charge is 0.136 e. The van der Waals surface area contributed by atoms with Crippen LogP contribution in [0.1, 0.15) is 31.2 Å². The van der Waals surface area contributed by atoms with Gasteiger partial charge in [-0.05, 0) is 38.2 Å². The molecule has 1 saturated heterocycles. The number of benzene rings is 1. The molecule has 2 heterocycles. The highest BCUT2D eigenvalue weighted by atomic mass is 15.2. The maximum atomic E-state index is 4.77. The molecule has 1 aromatic carbocycles. The van der Waals surface area contributed by atoms with E-state index in [4.69, 9.17) is 4.98 Å². The van der Waals surface area contributed by atoms with E-state index in [9.17, 15) is 0 Å². The molecular formula is C17H21N3. The second-order valence-corrected chi connectivity index (χ2v) is 6.11. The fraction of sp³-hybridized carbons (Fsp3) is 0.471. The van der Waals surface area contributed by atoms with Crippen LogP contribution in [0.25, 0.3) is 10.8 Å². The number of aryl methyl sites for hydroxylation is 1. The van der Waals surface area contributed by atoms with Gasteiger partial charge in [-0.3, -0.25) is 0 Å². The summed E-state index contributed by atoms with van der Waals surface area (Å²) in [5.74, 6) is 1.17. The molecule has 1 N–H and O–H groups in total. The predicted molar refractivity (Wildman–Crippen MR) is 84.6 cm³/mol. The first-order valence-electron chi connectivity index (χ1n) is 7.73. The van der Waals surface area contributed by atoms with E-state index in [1.165, 1.54) is 53.5 Å². The Balaban J connectivity index is 1.87. The van der Waals surface area contributed by atoms with Crippen molar-refractivity contribution in [3.8, 4) is 0 Å². The first-order chi connectivity index (χ1) is 9.83. The van der Waals surface area contributed by atoms with Crippen LogP contribution in [0.5, 0.6) is 0 Å². The molecule has 0 bridgehead atoms. The van der Waals surface area contributed by atoms with Crippen LogP contribution >= 0.6 is 0 Å². The Hall–Kier alpha value is -1.77. The van der Waals surface area contributed by atoms with E-state index in [-0.39, 0.29) is 0 Å². The normalized spacial score (nSPS) is 18.8. The van der Waals surface area contributed by atoms with E-state index in [1.807, 2.05) is 6.20 Å². The van der Waals surface area contributed by atoms with Crippen molar-refractivity contribution in [1.82, 2.24) is 4.98 Å². The lowest BCUT2D eigenvalue weighted by Crippen LogP contribution is -2.19. The van der Waals surface area contributed by atoms with Gasteiger partial charge in [-0.25, -0.2) is 4.98 Å². The van der Waals surface area contributed by atoms with E-state index in [0.717, 1.165) is 13.1 Å². The molecule has 0 unspecified atom stereocenters. The van der Waals surface area contributed by atoms with Crippen molar-refractivity contribution in [2.24, 2.45) is 0 Å². The standard InChI is InChI=1S/C17H21N3/c1-12-5-4-6-14-16(12)15(19-13-7-8-13)11-18-17(14)20-9-2-3-10-20/h4-6,11,13,19H,2-3,7-10H2,1H3. The van der Waals surface area contributed by atoms with Gasteiger partial charge in [-0.1, -0.05) is 18.2 Å². The zero-order chi connectivity index (χ0) is 13.5. The van der Waals surface area contributed by atoms with Gasteiger partial charge in [0, 0.05) is 29.9 Å². The van der Waals surface area contributed by atoms with Crippen LogP contribution in [0.4, 0.5) is 11.5 Å². The topological polar surface area (TPSA) is 28.2 Å². The summed E-state index contributed by atoms with van der Waals surface area (Å²) < 4.78 is 0. The minimum Gasteiger partial charge on any atom is -0.381 e. The molecule has 20 heavy (non-hydrogen) atoms. The summed E-state index contributed by atoms with van der Waals surface area (Å²) in [6.45, 7) is 4.49. The maximum Gasteiger partial charge on any atom is 0.136 e. The molecular weight excluding hydrogens is 246 g/mol. The number of nitrogens with zero attached hydrogens (tertiary/aromatic N) is 2. The number of pyridine rings is 1. The molecule has 2 fully saturated rings. The third-order valence-corrected chi connectivity index (χ3v) is 4.44. The molecule has 2 aliphatic rings. The first-order valence-corrected chi connectivity index (χ1v) is 7.73. The summed E-state index contributed by atoms with van der Waals surface area (Å²) in [6, 6.07) is 7.24. The molecule has 1 saturated carbocycles. The first kappa shape index (κ1) is 12.0. The quantitative estimate of drug-likeness (QED) is 0.918. The summed E-state index contributed by atoms with van der Waals surface area (Å²) in [5.41, 5.74) is 2.55. The SMILES string of the molecule is Cc1cccc2c(N3CCCC3)ncc(NC3CC3)c12. The lowest BCUT2D eigenvalue weighted by Gasteiger charge is -2.21. The Labute approximate surface area is 120 Å². The average molecular weight is 267 g/mol. The van der Waals surface area contributed by atoms with Crippen LogP contribution in [0.15, 0.2) is 24.4 Å². The fourth-order valence-electron chi connectivity index (χ4n) is 3.21. The molecule has 1 aliphatic carbocycles. The van der Waals surface area contributed by atoms with E-state index < -0.39 is 0 Å². The van der Waals surface area contributed by atoms with Gasteiger partial charge in [0.05, 0.1) is 11.9 Å². The van der Waals surface area contributed by atoms with Crippen LogP contribution in [0.3, 0.4) is 0 Å². The van der Waals surface area contributed by atoms with Crippen molar-refractivity contribution < 1.29 is 0 Å². The molecule has 3 heteroatoms. The van der Waals surface area contributed by atoms with Crippen LogP contribution in [-0.2, 0) is 0 Å². The van der Waals surface area contributed by atoms with E-state index in [1.54, 1.807) is 0 Å². The van der Waals surface area contributed by atoms with Crippen LogP contribution in [0.2, 0.25) is 0 Å². The van der Waals surface area contributed by atoms with Gasteiger partial charge in [0.25, 0.3) is 0 Å². The van der Waals surface area contributed by atoms with Crippen molar-refractivity contribution >= 4 is 22.3 Å². The second-order valence-electron chi connectivity index (χ2n) is 6.11. The highest BCUT2D eigenvalue weighted by Crippen LogP contribution is 2.36. The largest absolute Gasteiger partial charge is 0.381 e. The summed E-state index contributed by atoms with van der Waals surface area (Å²) in [4.78, 5) is 7.21. The monoisotopic (exact) mass is 267 g/mol. The van der Waals surface area contributed by atoms with E-state index in [2.05, 4.69) is 35.3 Å². The number of hydrogen-bond donors (Lipinski definition) is 1. The predicted octanol–water partition coefficient (Wildman–Crippen LogP) is 3.72. The third-order valence-electron chi connectivity index (χ3n) is 4.44. The minimum absolute atomic E-state index is 0.664. The second kappa shape index (κ2) is 4.65. The zero-order valence-corrected chi connectivity index (χ0v) is 12.0. The Bertz CT molecular complexity index is 640. The van der Waals surface area contributed by atoms with Gasteiger partial charge in [-0.15, -0.1) is 0 Å². The Morgan fingerprint density at radius 3 is 2.75 bits per heavy atom. The summed E-state index contributed by atoms with van der Waals surface area (Å²) in [5, 5.41) is 6.30. The van der Waals surface area contributed by atoms with Crippen molar-refractivity contribution in [3.05, 3.63) is 30.0 Å². The number of hydrogen-bond acceptors (Lipinski definition) is 3. The van der Waals surface area contributed by atoms with Crippen molar-refractivity contribution in [3.63, 3.8) is 0 Å². The molecule has 104 valence electrons. The molecule has 0 radical (unpaired) electrons. The number of fused-ring (bicyclic) bond motifs is 1. The van der Waals surface area contributed by atoms with Crippen LogP contribution in [-0.4, -0.2) is 24.1 Å². The Morgan fingerprint density at radius 2 is 2.00 bits per heavy atom. The Kier molecular flexibility index (Phi) is 2.79. The van der Waals surface area contributed by atoms with Gasteiger partial charge >= 0.3 is 0 Å². The van der Waals surface area contributed by atoms with Gasteiger partial charge in [-0.2, -0.15) is 0 Å². The van der Waals surface area contributed by atoms with Gasteiger partial charge < -0.3 is 10.2 Å². The molecule has 4 rings (SSSR count). The lowest BCUT2D eigenvalue weighted by atomic mass is 10.0. The van der Waals surface area contributed by atoms with Gasteiger partial charge in [0.2, 0.25) is 0 Å². The maximum absolute atomic E-state index is 4.77. The molecule has 2 aromatic rings. The molecule has 0 atom stereocenters. The van der Waals surface area contributed by atoms with Crippen molar-refractivity contribution in [2.45, 2.75) is 38.6 Å². The number of nitrogens with one attached hydrogen (secondary N) is 1. The van der Waals surface area contributed by atoms with Crippen molar-refractivity contribution in [1.29, 1.82) is 0 Å². The van der Waals surface area contributed by atoms with Crippen LogP contribution < -0.4 is 10.2 Å². The minimum atomic E-state index is 0.664. The summed E-state index contributed by atoms with van der Waals surface area (Å²) in [7, 11) is 0. The van der Waals surface area contributed by atoms with Crippen LogP contribution in [0, 0.1) is 6.92 Å². The van der Waals surface area contributed by atoms with Gasteiger partial charge in [0.15, 0.2) is 0 Å². The van der Waals surface area contributed by atoms with E-state index >= 15 is 0 Å². The average Bonchev–Trinajstić information content (AvgIpc) is 3.10. The van der Waals surface area contributed by atoms with Crippen molar-refractivity contribution in [2.75, 3.05) is 23.3 Å². The third kappa shape index (κ3) is 2.01. The molecule has 1 aliphatic heterocycles. The van der Waals surface area contributed by atoms with Gasteiger partial charge in [0.1, 0.15) is 5.82 Å². The number of anilines is 2. The number of rotatable bonds is 3. The number of aromatic nitrogens is 1. The molecule has 3 nitrogen and oxygen atoms in total. The molecule has 0 amide bonds. The lowest BCUT2D eigenvalue weighted by molar-refractivity contribution is 0.945. The fourth-order valence-corrected chi connectivity index (χ4v) is 3.21. The highest BCUT2D eigenvalue weighted by molar-refractivity contribution is 6.02. The Morgan fingerprint density at radius 1 is 1.20 bits per heavy atom. The zero-order valence-electron chi connectivity index (χ0n) is 12.0. The summed E-state index contributed by atoms with van der Waals surface area (Å²) in [6.07, 6.45) is 7.21. The summed E-state index contributed by atoms with van der Waals surface area (Å²) >= 11 is 0. The molecule has 1 aromatic heterocycles. The van der Waals surface area contributed by atoms with E-state index in [0.29, 0.717) is 6.04 Å².